The second-order valence-corrected chi connectivity index (χ2v) is 20.0. The maximum Gasteiger partial charge on any atom is 1.00 e. The van der Waals surface area contributed by atoms with Gasteiger partial charge in [-0.3, -0.25) is 19.6 Å². The first-order valence-electron chi connectivity index (χ1n) is 23.4. The second kappa shape index (κ2) is 23.8. The van der Waals surface area contributed by atoms with Crippen molar-refractivity contribution in [2.75, 3.05) is 86.7 Å². The van der Waals surface area contributed by atoms with Crippen molar-refractivity contribution in [3.8, 4) is 0 Å². The summed E-state index contributed by atoms with van der Waals surface area (Å²) >= 11 is 24.9. The average Bonchev–Trinajstić information content (AvgIpc) is 3.68. The molecule has 4 aromatic carbocycles. The fourth-order valence-corrected chi connectivity index (χ4v) is 11.5. The Kier molecular flexibility index (Phi) is 18.7. The fraction of sp³-hybridized carbons (Fsp3) is 0.490. The Morgan fingerprint density at radius 2 is 1.03 bits per heavy atom. The standard InChI is InChI=1S/C25H30Cl2FN5O.C24H32Cl2FN5.K.3H2.H/c1-2-18-15-32(24-13-23-22(12-20(24)27)29-25(34)30-23)9-10-33(18)19-5-7-31(8-6-19)14-16-3-4-17(26)11-21(16)28;1-2-18-15-31(24-13-23(29)22(28)12-20(24)26)9-10-32(18)19-5-7-30(8-6-19)14-16-3-4-17(25)11-21(16)27;;;;;/h3-4,11-13,18-19H,2,5-10,14-15H2,1H3,(H2,29,30,34);3-4,11-13,18-19H,2,5-10,14-15,28-29H2,1H3;;3*1H;/q;;+1;;;;-1/t2*18-;;;;;/m00...../s1. The molecule has 0 saturated carbocycles. The van der Waals surface area contributed by atoms with E-state index in [-0.39, 0.29) is 74.4 Å². The Balaban J connectivity index is 0.000000351. The van der Waals surface area contributed by atoms with Crippen LogP contribution in [0.15, 0.2) is 65.5 Å². The summed E-state index contributed by atoms with van der Waals surface area (Å²) in [4.78, 5) is 32.0. The van der Waals surface area contributed by atoms with Crippen molar-refractivity contribution in [3.05, 3.63) is 114 Å². The molecule has 1 aromatic heterocycles. The minimum Gasteiger partial charge on any atom is -1.00 e. The van der Waals surface area contributed by atoms with Crippen LogP contribution in [0.3, 0.4) is 0 Å². The summed E-state index contributed by atoms with van der Waals surface area (Å²) in [5.74, 6) is -0.443. The van der Waals surface area contributed by atoms with E-state index in [1.807, 2.05) is 18.2 Å². The Morgan fingerprint density at radius 1 is 0.612 bits per heavy atom. The molecule has 67 heavy (non-hydrogen) atoms. The summed E-state index contributed by atoms with van der Waals surface area (Å²) in [6.07, 6.45) is 6.51. The number of benzene rings is 4. The van der Waals surface area contributed by atoms with Crippen molar-refractivity contribution in [3.63, 3.8) is 0 Å². The van der Waals surface area contributed by atoms with Gasteiger partial charge in [0.15, 0.2) is 0 Å². The molecular formula is C49H69Cl4F2KN10O. The first-order valence-corrected chi connectivity index (χ1v) is 24.9. The van der Waals surface area contributed by atoms with E-state index in [0.717, 1.165) is 126 Å². The minimum atomic E-state index is -0.225. The molecule has 0 radical (unpaired) electrons. The number of H-pyrrole nitrogens is 2. The molecule has 0 aliphatic carbocycles. The monoisotopic (exact) mass is 1030 g/mol. The minimum absolute atomic E-state index is 0. The number of aromatic amines is 2. The van der Waals surface area contributed by atoms with Gasteiger partial charge in [-0.15, -0.1) is 0 Å². The van der Waals surface area contributed by atoms with Gasteiger partial charge in [0.1, 0.15) is 11.6 Å². The number of aromatic nitrogens is 2. The van der Waals surface area contributed by atoms with Gasteiger partial charge in [-0.1, -0.05) is 72.4 Å². The van der Waals surface area contributed by atoms with E-state index in [0.29, 0.717) is 79.8 Å². The molecule has 0 amide bonds. The summed E-state index contributed by atoms with van der Waals surface area (Å²) in [6, 6.07) is 19.4. The number of hydrogen-bond donors (Lipinski definition) is 4. The van der Waals surface area contributed by atoms with E-state index in [1.54, 1.807) is 30.3 Å². The summed E-state index contributed by atoms with van der Waals surface area (Å²) < 4.78 is 28.4. The molecule has 9 rings (SSSR count). The van der Waals surface area contributed by atoms with Crippen molar-refractivity contribution in [2.45, 2.75) is 89.6 Å². The van der Waals surface area contributed by atoms with Gasteiger partial charge in [-0.05, 0) is 113 Å². The second-order valence-electron chi connectivity index (χ2n) is 18.3. The van der Waals surface area contributed by atoms with Crippen molar-refractivity contribution in [1.82, 2.24) is 29.6 Å². The summed E-state index contributed by atoms with van der Waals surface area (Å²) in [7, 11) is 0. The van der Waals surface area contributed by atoms with Crippen molar-refractivity contribution in [2.24, 2.45) is 0 Å². The molecular weight excluding hydrogens is 964 g/mol. The van der Waals surface area contributed by atoms with Gasteiger partial charge in [0.2, 0.25) is 0 Å². The van der Waals surface area contributed by atoms with Crippen LogP contribution in [-0.4, -0.2) is 119 Å². The molecule has 5 aromatic rings. The summed E-state index contributed by atoms with van der Waals surface area (Å²) in [5.41, 5.74) is 17.7. The molecule has 4 saturated heterocycles. The number of anilines is 4. The van der Waals surface area contributed by atoms with E-state index >= 15 is 0 Å². The predicted octanol–water partition coefficient (Wildman–Crippen LogP) is 7.58. The van der Waals surface area contributed by atoms with Crippen LogP contribution in [0.2, 0.25) is 20.1 Å². The maximum absolute atomic E-state index is 14.2. The van der Waals surface area contributed by atoms with E-state index in [4.69, 9.17) is 57.9 Å². The van der Waals surface area contributed by atoms with Gasteiger partial charge in [0.25, 0.3) is 0 Å². The van der Waals surface area contributed by atoms with Crippen molar-refractivity contribution in [1.29, 1.82) is 0 Å². The number of piperazine rings is 2. The molecule has 11 nitrogen and oxygen atoms in total. The third-order valence-corrected chi connectivity index (χ3v) is 15.4. The number of nitrogens with one attached hydrogen (secondary N) is 2. The number of nitrogen functional groups attached to an aromatic ring is 2. The zero-order valence-electron chi connectivity index (χ0n) is 39.8. The Hall–Kier alpha value is -2.15. The largest absolute Gasteiger partial charge is 1.00 e. The van der Waals surface area contributed by atoms with Crippen LogP contribution in [0, 0.1) is 11.6 Å². The number of likely N-dealkylation sites (tertiary alicyclic amines) is 2. The van der Waals surface area contributed by atoms with Gasteiger partial charge in [0, 0.05) is 102 Å². The molecule has 0 bridgehead atoms. The quantitative estimate of drug-likeness (QED) is 0.0830. The number of nitrogens with zero attached hydrogens (tertiary/aromatic N) is 6. The smallest absolute Gasteiger partial charge is 1.00 e. The molecule has 0 spiro atoms. The number of piperidine rings is 2. The van der Waals surface area contributed by atoms with E-state index in [9.17, 15) is 13.6 Å². The molecule has 6 N–H and O–H groups in total. The van der Waals surface area contributed by atoms with Crippen LogP contribution in [0.4, 0.5) is 31.5 Å². The van der Waals surface area contributed by atoms with Crippen molar-refractivity contribution >= 4 is 80.2 Å². The normalized spacial score (nSPS) is 20.8. The SMILES string of the molecule is CC[C@H]1CN(c2cc(N)c(N)cc2Cl)CCN1C1CCN(Cc2ccc(Cl)cc2F)CC1.CC[C@H]1CN(c2cc3[nH]c(=O)[nH]c3cc2Cl)CCN1C1CCN(Cc2ccc(Cl)cc2F)CC1.[H-].[HH].[HH].[HH].[K+]. The average molecular weight is 1030 g/mol. The summed E-state index contributed by atoms with van der Waals surface area (Å²) in [6.45, 7) is 15.3. The van der Waals surface area contributed by atoms with Crippen LogP contribution >= 0.6 is 46.4 Å². The molecule has 0 unspecified atom stereocenters. The first kappa shape index (κ1) is 52.7. The van der Waals surface area contributed by atoms with Crippen LogP contribution in [-0.2, 0) is 13.1 Å². The van der Waals surface area contributed by atoms with Gasteiger partial charge >= 0.3 is 57.1 Å². The van der Waals surface area contributed by atoms with Crippen molar-refractivity contribution < 1.29 is 65.9 Å². The van der Waals surface area contributed by atoms with Gasteiger partial charge in [-0.25, -0.2) is 13.6 Å². The van der Waals surface area contributed by atoms with Gasteiger partial charge in [0.05, 0.1) is 43.8 Å². The maximum atomic E-state index is 14.2. The number of fused-ring (bicyclic) bond motifs is 1. The molecule has 4 aliphatic rings. The Labute approximate surface area is 461 Å². The van der Waals surface area contributed by atoms with E-state index in [1.165, 1.54) is 12.1 Å². The van der Waals surface area contributed by atoms with Crippen LogP contribution < -0.4 is 78.3 Å². The molecule has 2 atom stereocenters. The number of hydrogen-bond acceptors (Lipinski definition) is 9. The molecule has 4 aliphatic heterocycles. The third-order valence-electron chi connectivity index (χ3n) is 14.3. The van der Waals surface area contributed by atoms with Crippen LogP contribution in [0.5, 0.6) is 0 Å². The van der Waals surface area contributed by atoms with E-state index < -0.39 is 0 Å². The Bertz CT molecular complexity index is 2540. The zero-order valence-corrected chi connectivity index (χ0v) is 45.0. The number of imidazole rings is 1. The molecule has 364 valence electrons. The molecule has 4 fully saturated rings. The predicted molar refractivity (Wildman–Crippen MR) is 277 cm³/mol. The number of rotatable bonds is 10. The fourth-order valence-electron chi connectivity index (χ4n) is 10.6. The molecule has 18 heteroatoms. The summed E-state index contributed by atoms with van der Waals surface area (Å²) in [5, 5.41) is 2.20. The van der Waals surface area contributed by atoms with Gasteiger partial charge in [-0.2, -0.15) is 0 Å². The van der Waals surface area contributed by atoms with Crippen LogP contribution in [0.1, 0.15) is 69.2 Å². The number of nitrogens with two attached hydrogens (primary N) is 2. The van der Waals surface area contributed by atoms with E-state index in [2.05, 4.69) is 53.2 Å². The molecule has 5 heterocycles. The first-order chi connectivity index (χ1) is 31.8. The Morgan fingerprint density at radius 3 is 1.48 bits per heavy atom. The van der Waals surface area contributed by atoms with Gasteiger partial charge < -0.3 is 32.7 Å². The number of halogens is 6. The third kappa shape index (κ3) is 12.9. The zero-order chi connectivity index (χ0) is 46.6. The topological polar surface area (TPSA) is 120 Å². The van der Waals surface area contributed by atoms with Crippen LogP contribution in [0.25, 0.3) is 11.0 Å².